The highest BCUT2D eigenvalue weighted by molar-refractivity contribution is 6.05. The second kappa shape index (κ2) is 8.98. The molecule has 0 bridgehead atoms. The van der Waals surface area contributed by atoms with Crippen molar-refractivity contribution < 1.29 is 27.9 Å². The molecule has 6 nitrogen and oxygen atoms in total. The lowest BCUT2D eigenvalue weighted by atomic mass is 10.00. The van der Waals surface area contributed by atoms with Gasteiger partial charge in [-0.25, -0.2) is 13.2 Å². The van der Waals surface area contributed by atoms with Gasteiger partial charge in [0.15, 0.2) is 11.6 Å². The minimum absolute atomic E-state index is 0.134. The van der Waals surface area contributed by atoms with Crippen LogP contribution in [-0.4, -0.2) is 28.3 Å². The van der Waals surface area contributed by atoms with E-state index in [-0.39, 0.29) is 42.5 Å². The molecule has 1 heterocycles. The molecule has 3 N–H and O–H groups in total. The summed E-state index contributed by atoms with van der Waals surface area (Å²) in [5, 5.41) is 14.5. The van der Waals surface area contributed by atoms with Crippen LogP contribution in [0, 0.1) is 17.5 Å². The third-order valence-electron chi connectivity index (χ3n) is 6.99. The lowest BCUT2D eigenvalue weighted by Crippen LogP contribution is -2.50. The zero-order valence-electron chi connectivity index (χ0n) is 19.1. The van der Waals surface area contributed by atoms with Gasteiger partial charge >= 0.3 is 0 Å². The zero-order valence-corrected chi connectivity index (χ0v) is 19.1. The van der Waals surface area contributed by atoms with Crippen molar-refractivity contribution in [1.82, 2.24) is 4.90 Å². The number of para-hydroxylation sites is 1. The Morgan fingerprint density at radius 3 is 2.53 bits per heavy atom. The Morgan fingerprint density at radius 1 is 1.08 bits per heavy atom. The molecule has 1 saturated carbocycles. The number of carbonyl (C=O) groups is 2. The smallest absolute Gasteiger partial charge is 0.251 e. The quantitative estimate of drug-likeness (QED) is 0.532. The van der Waals surface area contributed by atoms with Crippen molar-refractivity contribution in [2.24, 2.45) is 5.73 Å². The number of hydrogen-bond donors (Lipinski definition) is 2. The van der Waals surface area contributed by atoms with Gasteiger partial charge in [-0.2, -0.15) is 0 Å². The molecule has 0 radical (unpaired) electrons. The van der Waals surface area contributed by atoms with Gasteiger partial charge in [-0.15, -0.1) is 5.75 Å². The van der Waals surface area contributed by atoms with Crippen LogP contribution in [-0.2, 0) is 22.6 Å². The maximum absolute atomic E-state index is 14.1. The minimum Gasteiger partial charge on any atom is -0.872 e. The van der Waals surface area contributed by atoms with Crippen LogP contribution < -0.4 is 16.2 Å². The maximum Gasteiger partial charge on any atom is 0.251 e. The van der Waals surface area contributed by atoms with Gasteiger partial charge in [-0.1, -0.05) is 42.5 Å². The van der Waals surface area contributed by atoms with Gasteiger partial charge in [0.05, 0.1) is 0 Å². The van der Waals surface area contributed by atoms with E-state index in [1.54, 1.807) is 30.3 Å². The first-order valence-corrected chi connectivity index (χ1v) is 11.5. The largest absolute Gasteiger partial charge is 0.872 e. The van der Waals surface area contributed by atoms with Gasteiger partial charge in [0, 0.05) is 36.7 Å². The second-order valence-electron chi connectivity index (χ2n) is 9.37. The van der Waals surface area contributed by atoms with Crippen molar-refractivity contribution in [3.8, 4) is 5.75 Å². The number of amides is 2. The van der Waals surface area contributed by atoms with E-state index in [9.17, 15) is 27.9 Å². The molecular formula is C27H23F3N3O3-. The number of anilines is 1. The SMILES string of the molecule is N[C@@H](CC(=O)N1Cc2ccccc2NC(=O)[C@]12C[C@H]2c1ccc([O-])cc1)Cc1cc(F)c(F)cc1F. The normalized spacial score (nSPS) is 21.5. The molecule has 2 amide bonds. The average molecular weight is 494 g/mol. The van der Waals surface area contributed by atoms with Crippen LogP contribution in [0.4, 0.5) is 18.9 Å². The van der Waals surface area contributed by atoms with Crippen molar-refractivity contribution in [2.45, 2.75) is 43.3 Å². The summed E-state index contributed by atoms with van der Waals surface area (Å²) in [5.41, 5.74) is 6.95. The van der Waals surface area contributed by atoms with Gasteiger partial charge in [0.25, 0.3) is 5.91 Å². The van der Waals surface area contributed by atoms with E-state index >= 15 is 0 Å². The van der Waals surface area contributed by atoms with Crippen LogP contribution in [0.1, 0.15) is 35.4 Å². The van der Waals surface area contributed by atoms with E-state index in [0.717, 1.165) is 17.2 Å². The van der Waals surface area contributed by atoms with E-state index in [1.807, 2.05) is 6.07 Å². The van der Waals surface area contributed by atoms with Gasteiger partial charge < -0.3 is 21.1 Å². The third-order valence-corrected chi connectivity index (χ3v) is 6.99. The first kappa shape index (κ1) is 23.9. The molecule has 0 saturated heterocycles. The van der Waals surface area contributed by atoms with Crippen LogP contribution in [0.15, 0.2) is 60.7 Å². The Morgan fingerprint density at radius 2 is 1.78 bits per heavy atom. The van der Waals surface area contributed by atoms with E-state index in [4.69, 9.17) is 5.73 Å². The molecule has 1 aliphatic heterocycles. The number of rotatable bonds is 5. The molecular weight excluding hydrogens is 471 g/mol. The number of nitrogens with one attached hydrogen (secondary N) is 1. The number of hydrogen-bond acceptors (Lipinski definition) is 4. The molecule has 36 heavy (non-hydrogen) atoms. The van der Waals surface area contributed by atoms with E-state index in [1.165, 1.54) is 17.0 Å². The first-order chi connectivity index (χ1) is 17.2. The standard InChI is InChI=1S/C27H24F3N3O3/c28-21-12-23(30)22(29)10-17(21)9-18(31)11-25(35)33-14-16-3-1-2-4-24(16)32-26(36)27(33)13-20(27)15-5-7-19(34)8-6-15/h1-8,10,12,18,20,34H,9,11,13-14,31H2,(H,32,36)/p-1/t18-,20+,27-/m1/s1. The highest BCUT2D eigenvalue weighted by Crippen LogP contribution is 2.58. The third kappa shape index (κ3) is 4.19. The Labute approximate surface area is 205 Å². The van der Waals surface area contributed by atoms with Gasteiger partial charge in [0.1, 0.15) is 11.4 Å². The summed E-state index contributed by atoms with van der Waals surface area (Å²) >= 11 is 0. The summed E-state index contributed by atoms with van der Waals surface area (Å²) in [4.78, 5) is 28.6. The maximum atomic E-state index is 14.1. The van der Waals surface area contributed by atoms with E-state index in [2.05, 4.69) is 5.32 Å². The van der Waals surface area contributed by atoms with Crippen molar-refractivity contribution in [3.63, 3.8) is 0 Å². The van der Waals surface area contributed by atoms with E-state index in [0.29, 0.717) is 18.2 Å². The molecule has 1 spiro atoms. The summed E-state index contributed by atoms with van der Waals surface area (Å²) in [6.45, 7) is 0.149. The van der Waals surface area contributed by atoms with Crippen LogP contribution in [0.3, 0.4) is 0 Å². The van der Waals surface area contributed by atoms with Gasteiger partial charge in [-0.05, 0) is 41.7 Å². The Kier molecular flexibility index (Phi) is 5.96. The van der Waals surface area contributed by atoms with Gasteiger partial charge in [0.2, 0.25) is 5.91 Å². The van der Waals surface area contributed by atoms with Crippen LogP contribution >= 0.6 is 0 Å². The van der Waals surface area contributed by atoms with Crippen LogP contribution in [0.25, 0.3) is 0 Å². The van der Waals surface area contributed by atoms with Gasteiger partial charge in [-0.3, -0.25) is 9.59 Å². The predicted molar refractivity (Wildman–Crippen MR) is 124 cm³/mol. The molecule has 3 atom stereocenters. The fourth-order valence-corrected chi connectivity index (χ4v) is 5.06. The molecule has 1 aliphatic carbocycles. The second-order valence-corrected chi connectivity index (χ2v) is 9.37. The number of nitrogens with two attached hydrogens (primary N) is 1. The zero-order chi connectivity index (χ0) is 25.6. The molecule has 186 valence electrons. The lowest BCUT2D eigenvalue weighted by Gasteiger charge is -2.31. The van der Waals surface area contributed by atoms with E-state index < -0.39 is 34.9 Å². The fraction of sp³-hybridized carbons (Fsp3) is 0.259. The fourth-order valence-electron chi connectivity index (χ4n) is 5.06. The molecule has 2 aliphatic rings. The topological polar surface area (TPSA) is 98.5 Å². The van der Waals surface area contributed by atoms with Crippen molar-refractivity contribution in [3.05, 3.63) is 94.8 Å². The van der Waals surface area contributed by atoms with Crippen molar-refractivity contribution >= 4 is 17.5 Å². The lowest BCUT2D eigenvalue weighted by molar-refractivity contribution is -0.268. The molecule has 3 aromatic carbocycles. The first-order valence-electron chi connectivity index (χ1n) is 11.5. The summed E-state index contributed by atoms with van der Waals surface area (Å²) < 4.78 is 41.0. The average Bonchev–Trinajstić information content (AvgIpc) is 3.60. The summed E-state index contributed by atoms with van der Waals surface area (Å²) in [6.07, 6.45) is -0.0571. The summed E-state index contributed by atoms with van der Waals surface area (Å²) in [6, 6.07) is 13.6. The van der Waals surface area contributed by atoms with Crippen LogP contribution in [0.2, 0.25) is 0 Å². The summed E-state index contributed by atoms with van der Waals surface area (Å²) in [5.74, 6) is -4.68. The molecule has 0 aromatic heterocycles. The summed E-state index contributed by atoms with van der Waals surface area (Å²) in [7, 11) is 0. The number of benzene rings is 3. The monoisotopic (exact) mass is 494 g/mol. The number of fused-ring (bicyclic) bond motifs is 1. The van der Waals surface area contributed by atoms with Crippen molar-refractivity contribution in [1.29, 1.82) is 0 Å². The molecule has 5 rings (SSSR count). The molecule has 1 fully saturated rings. The number of halogens is 3. The van der Waals surface area contributed by atoms with Crippen molar-refractivity contribution in [2.75, 3.05) is 5.32 Å². The number of nitrogens with zero attached hydrogens (tertiary/aromatic N) is 1. The number of carbonyl (C=O) groups excluding carboxylic acids is 2. The minimum atomic E-state index is -1.30. The molecule has 9 heteroatoms. The molecule has 0 unspecified atom stereocenters. The Hall–Kier alpha value is -3.85. The predicted octanol–water partition coefficient (Wildman–Crippen LogP) is 3.34. The highest BCUT2D eigenvalue weighted by atomic mass is 19.2. The molecule has 3 aromatic rings. The Bertz CT molecular complexity index is 1350. The Balaban J connectivity index is 1.43. The van der Waals surface area contributed by atoms with Crippen LogP contribution in [0.5, 0.6) is 5.75 Å². The highest BCUT2D eigenvalue weighted by Gasteiger charge is 2.66.